The molecule has 1 saturated carbocycles. The van der Waals surface area contributed by atoms with E-state index < -0.39 is 11.7 Å². The molecule has 0 aromatic rings. The Hall–Kier alpha value is -1.20. The van der Waals surface area contributed by atoms with E-state index in [4.69, 9.17) is 14.2 Å². The minimum Gasteiger partial charge on any atom is -0.498 e. The van der Waals surface area contributed by atoms with E-state index in [1.165, 1.54) is 20.5 Å². The smallest absolute Gasteiger partial charge is 0.196 e. The molecular formula is C24H38F2O3. The highest BCUT2D eigenvalue weighted by Crippen LogP contribution is 2.37. The molecule has 2 fully saturated rings. The summed E-state index contributed by atoms with van der Waals surface area (Å²) in [4.78, 5) is 0. The van der Waals surface area contributed by atoms with E-state index in [-0.39, 0.29) is 18.5 Å². The van der Waals surface area contributed by atoms with E-state index in [1.807, 2.05) is 13.0 Å². The fourth-order valence-corrected chi connectivity index (χ4v) is 4.39. The van der Waals surface area contributed by atoms with E-state index in [1.54, 1.807) is 0 Å². The van der Waals surface area contributed by atoms with Crippen molar-refractivity contribution in [1.29, 1.82) is 0 Å². The number of methoxy groups -OCH3 is 1. The molecule has 5 heteroatoms. The minimum absolute atomic E-state index is 0.0459. The zero-order chi connectivity index (χ0) is 21.2. The molecule has 29 heavy (non-hydrogen) atoms. The lowest BCUT2D eigenvalue weighted by Crippen LogP contribution is -2.33. The van der Waals surface area contributed by atoms with Gasteiger partial charge in [-0.25, -0.2) is 8.78 Å². The molecule has 2 aliphatic rings. The van der Waals surface area contributed by atoms with Gasteiger partial charge in [-0.05, 0) is 82.1 Å². The fourth-order valence-electron chi connectivity index (χ4n) is 4.39. The van der Waals surface area contributed by atoms with Crippen molar-refractivity contribution in [3.63, 3.8) is 0 Å². The van der Waals surface area contributed by atoms with E-state index in [0.717, 1.165) is 51.6 Å². The van der Waals surface area contributed by atoms with Crippen LogP contribution in [0.5, 0.6) is 0 Å². The van der Waals surface area contributed by atoms with Gasteiger partial charge in [0.05, 0.1) is 32.5 Å². The quantitative estimate of drug-likeness (QED) is 0.224. The standard InChI is InChI=1S/C24H38F2O3/c1-5-7-8-21-14-11-20(16-29-21)19-9-12-22(13-10-19)28-15-18(6-2)24(26)23(25)17(3)27-4/h5,19-22H,1,6-16H2,2-4H3/b23-17-,24-18-. The Kier molecular flexibility index (Phi) is 10.4. The number of hydrogen-bond acceptors (Lipinski definition) is 3. The first-order valence-electron chi connectivity index (χ1n) is 11.1. The molecule has 0 amide bonds. The second-order valence-electron chi connectivity index (χ2n) is 8.35. The Morgan fingerprint density at radius 2 is 1.76 bits per heavy atom. The topological polar surface area (TPSA) is 27.7 Å². The van der Waals surface area contributed by atoms with Crippen LogP contribution in [0.1, 0.15) is 71.6 Å². The zero-order valence-electron chi connectivity index (χ0n) is 18.4. The first-order valence-corrected chi connectivity index (χ1v) is 11.1. The van der Waals surface area contributed by atoms with Crippen molar-refractivity contribution in [1.82, 2.24) is 0 Å². The second-order valence-corrected chi connectivity index (χ2v) is 8.35. The van der Waals surface area contributed by atoms with E-state index in [0.29, 0.717) is 29.9 Å². The summed E-state index contributed by atoms with van der Waals surface area (Å²) in [5, 5.41) is 0. The van der Waals surface area contributed by atoms with Crippen LogP contribution in [0.25, 0.3) is 0 Å². The summed E-state index contributed by atoms with van der Waals surface area (Å²) in [7, 11) is 1.33. The van der Waals surface area contributed by atoms with Gasteiger partial charge in [0.1, 0.15) is 5.76 Å². The lowest BCUT2D eigenvalue weighted by atomic mass is 9.76. The average molecular weight is 413 g/mol. The number of allylic oxidation sites excluding steroid dienone is 4. The van der Waals surface area contributed by atoms with Crippen LogP contribution in [-0.4, -0.2) is 32.5 Å². The summed E-state index contributed by atoms with van der Waals surface area (Å²) in [5.74, 6) is -0.477. The molecule has 2 atom stereocenters. The Bertz CT molecular complexity index is 569. The summed E-state index contributed by atoms with van der Waals surface area (Å²) in [5.41, 5.74) is 0.354. The molecule has 0 bridgehead atoms. The number of hydrogen-bond donors (Lipinski definition) is 0. The summed E-state index contributed by atoms with van der Waals surface area (Å²) in [6.45, 7) is 8.03. The van der Waals surface area contributed by atoms with Crippen LogP contribution in [0, 0.1) is 11.8 Å². The van der Waals surface area contributed by atoms with Gasteiger partial charge in [-0.2, -0.15) is 0 Å². The van der Waals surface area contributed by atoms with Gasteiger partial charge in [0.15, 0.2) is 11.7 Å². The van der Waals surface area contributed by atoms with Crippen molar-refractivity contribution in [3.05, 3.63) is 35.6 Å². The van der Waals surface area contributed by atoms with Gasteiger partial charge >= 0.3 is 0 Å². The third-order valence-corrected chi connectivity index (χ3v) is 6.52. The summed E-state index contributed by atoms with van der Waals surface area (Å²) < 4.78 is 45.1. The van der Waals surface area contributed by atoms with Crippen molar-refractivity contribution < 1.29 is 23.0 Å². The highest BCUT2D eigenvalue weighted by molar-refractivity contribution is 5.27. The van der Waals surface area contributed by atoms with Crippen LogP contribution < -0.4 is 0 Å². The van der Waals surface area contributed by atoms with Gasteiger partial charge < -0.3 is 14.2 Å². The van der Waals surface area contributed by atoms with Crippen molar-refractivity contribution in [2.24, 2.45) is 11.8 Å². The maximum absolute atomic E-state index is 14.3. The number of rotatable bonds is 10. The monoisotopic (exact) mass is 412 g/mol. The molecule has 1 saturated heterocycles. The van der Waals surface area contributed by atoms with Crippen molar-refractivity contribution in [2.75, 3.05) is 20.3 Å². The number of halogens is 2. The first kappa shape index (κ1) is 24.1. The third-order valence-electron chi connectivity index (χ3n) is 6.52. The fraction of sp³-hybridized carbons (Fsp3) is 0.750. The first-order chi connectivity index (χ1) is 14.0. The lowest BCUT2D eigenvalue weighted by molar-refractivity contribution is -0.0498. The van der Waals surface area contributed by atoms with Crippen LogP contribution in [0.4, 0.5) is 8.78 Å². The molecule has 0 aromatic carbocycles. The normalized spacial score (nSPS) is 29.7. The number of ether oxygens (including phenoxy) is 3. The SMILES string of the molecule is C=CCCC1CCC(C2CCC(OC/C(CC)=C(F)/C(F)=C(\C)OC)CC2)CO1. The summed E-state index contributed by atoms with van der Waals surface area (Å²) in [6, 6.07) is 0. The third kappa shape index (κ3) is 7.21. The lowest BCUT2D eigenvalue weighted by Gasteiger charge is -2.37. The predicted molar refractivity (Wildman–Crippen MR) is 113 cm³/mol. The van der Waals surface area contributed by atoms with Crippen LogP contribution in [0.3, 0.4) is 0 Å². The molecule has 1 heterocycles. The maximum Gasteiger partial charge on any atom is 0.196 e. The molecule has 0 radical (unpaired) electrons. The van der Waals surface area contributed by atoms with E-state index >= 15 is 0 Å². The molecule has 0 N–H and O–H groups in total. The van der Waals surface area contributed by atoms with Gasteiger partial charge in [-0.3, -0.25) is 0 Å². The molecule has 1 aliphatic heterocycles. The summed E-state index contributed by atoms with van der Waals surface area (Å²) >= 11 is 0. The van der Waals surface area contributed by atoms with Crippen molar-refractivity contribution in [2.45, 2.75) is 83.8 Å². The van der Waals surface area contributed by atoms with Crippen LogP contribution >= 0.6 is 0 Å². The molecule has 166 valence electrons. The molecule has 3 nitrogen and oxygen atoms in total. The predicted octanol–water partition coefficient (Wildman–Crippen LogP) is 6.80. The van der Waals surface area contributed by atoms with Crippen molar-refractivity contribution >= 4 is 0 Å². The van der Waals surface area contributed by atoms with Gasteiger partial charge in [-0.15, -0.1) is 6.58 Å². The molecule has 1 aliphatic carbocycles. The van der Waals surface area contributed by atoms with Gasteiger partial charge in [0.25, 0.3) is 0 Å². The van der Waals surface area contributed by atoms with Crippen LogP contribution in [0.15, 0.2) is 35.6 Å². The molecule has 2 unspecified atom stereocenters. The highest BCUT2D eigenvalue weighted by atomic mass is 19.2. The Morgan fingerprint density at radius 1 is 1.07 bits per heavy atom. The molecular weight excluding hydrogens is 374 g/mol. The second kappa shape index (κ2) is 12.5. The van der Waals surface area contributed by atoms with Gasteiger partial charge in [0.2, 0.25) is 0 Å². The molecule has 0 aromatic heterocycles. The highest BCUT2D eigenvalue weighted by Gasteiger charge is 2.31. The molecule has 0 spiro atoms. The van der Waals surface area contributed by atoms with Gasteiger partial charge in [0, 0.05) is 0 Å². The van der Waals surface area contributed by atoms with Crippen LogP contribution in [-0.2, 0) is 14.2 Å². The van der Waals surface area contributed by atoms with E-state index in [2.05, 4.69) is 6.58 Å². The van der Waals surface area contributed by atoms with Crippen molar-refractivity contribution in [3.8, 4) is 0 Å². The van der Waals surface area contributed by atoms with E-state index in [9.17, 15) is 8.78 Å². The largest absolute Gasteiger partial charge is 0.498 e. The minimum atomic E-state index is -0.930. The maximum atomic E-state index is 14.3. The van der Waals surface area contributed by atoms with Crippen LogP contribution in [0.2, 0.25) is 0 Å². The average Bonchev–Trinajstić information content (AvgIpc) is 2.77. The Morgan fingerprint density at radius 3 is 2.31 bits per heavy atom. The molecule has 2 rings (SSSR count). The zero-order valence-corrected chi connectivity index (χ0v) is 18.4. The Labute approximate surface area is 175 Å². The Balaban J connectivity index is 1.76. The van der Waals surface area contributed by atoms with Gasteiger partial charge in [-0.1, -0.05) is 13.0 Å². The summed E-state index contributed by atoms with van der Waals surface area (Å²) in [6.07, 6.45) is 11.6.